The highest BCUT2D eigenvalue weighted by atomic mass is 16.5. The summed E-state index contributed by atoms with van der Waals surface area (Å²) in [5.74, 6) is -2.88. The molecule has 4 aromatic rings. The molecule has 6 heteroatoms. The van der Waals surface area contributed by atoms with Gasteiger partial charge in [-0.3, -0.25) is 14.4 Å². The van der Waals surface area contributed by atoms with Crippen molar-refractivity contribution < 1.29 is 23.9 Å². The molecule has 0 bridgehead atoms. The summed E-state index contributed by atoms with van der Waals surface area (Å²) in [5.41, 5.74) is 3.88. The van der Waals surface area contributed by atoms with Crippen LogP contribution >= 0.6 is 0 Å². The lowest BCUT2D eigenvalue weighted by Gasteiger charge is -2.38. The zero-order chi connectivity index (χ0) is 26.8. The van der Waals surface area contributed by atoms with Gasteiger partial charge >= 0.3 is 5.97 Å². The molecule has 6 nitrogen and oxygen atoms in total. The van der Waals surface area contributed by atoms with Crippen molar-refractivity contribution in [2.45, 2.75) is 12.8 Å². The van der Waals surface area contributed by atoms with E-state index in [1.807, 2.05) is 91.9 Å². The zero-order valence-corrected chi connectivity index (χ0v) is 21.5. The summed E-state index contributed by atoms with van der Waals surface area (Å²) in [6.45, 7) is 1.94. The van der Waals surface area contributed by atoms with Crippen LogP contribution in [0.2, 0.25) is 0 Å². The smallest absolute Gasteiger partial charge is 0.319 e. The average molecular weight is 516 g/mol. The summed E-state index contributed by atoms with van der Waals surface area (Å²) in [4.78, 5) is 43.1. The molecule has 1 fully saturated rings. The minimum Gasteiger partial charge on any atom is -0.497 e. The van der Waals surface area contributed by atoms with E-state index in [2.05, 4.69) is 0 Å². The second-order valence-corrected chi connectivity index (χ2v) is 10.4. The SMILES string of the molecule is COc1ccc([C@@H]2C=C3c4ccc(C)cc4OC(=O)[C@@H]3[C@@H]3C(=O)N(c4ccc5ccccc5c4)C(=O)[C@H]32)cc1. The van der Waals surface area contributed by atoms with Crippen LogP contribution in [-0.2, 0) is 14.4 Å². The van der Waals surface area contributed by atoms with Crippen LogP contribution in [0.4, 0.5) is 5.69 Å². The number of esters is 1. The zero-order valence-electron chi connectivity index (χ0n) is 21.5. The van der Waals surface area contributed by atoms with Crippen molar-refractivity contribution in [1.82, 2.24) is 0 Å². The molecule has 3 aliphatic rings. The minimum absolute atomic E-state index is 0.307. The van der Waals surface area contributed by atoms with Gasteiger partial charge in [-0.25, -0.2) is 4.90 Å². The molecule has 0 aromatic heterocycles. The predicted octanol–water partition coefficient (Wildman–Crippen LogP) is 5.68. The number of imide groups is 1. The third-order valence-corrected chi connectivity index (χ3v) is 8.24. The van der Waals surface area contributed by atoms with E-state index in [-0.39, 0.29) is 11.8 Å². The molecular formula is C33H25NO5. The maximum Gasteiger partial charge on any atom is 0.319 e. The Labute approximate surface area is 225 Å². The largest absolute Gasteiger partial charge is 0.497 e. The fraction of sp³-hybridized carbons (Fsp3) is 0.182. The molecular weight excluding hydrogens is 490 g/mol. The lowest BCUT2D eigenvalue weighted by atomic mass is 9.64. The Morgan fingerprint density at radius 3 is 2.31 bits per heavy atom. The van der Waals surface area contributed by atoms with E-state index >= 15 is 0 Å². The second kappa shape index (κ2) is 8.67. The van der Waals surface area contributed by atoms with Crippen molar-refractivity contribution in [3.05, 3.63) is 108 Å². The number of ether oxygens (including phenoxy) is 2. The van der Waals surface area contributed by atoms with Gasteiger partial charge in [-0.1, -0.05) is 60.7 Å². The van der Waals surface area contributed by atoms with Crippen LogP contribution in [0.3, 0.4) is 0 Å². The molecule has 0 radical (unpaired) electrons. The van der Waals surface area contributed by atoms with Crippen molar-refractivity contribution in [2.75, 3.05) is 12.0 Å². The number of rotatable bonds is 3. The molecule has 1 saturated heterocycles. The first-order valence-electron chi connectivity index (χ1n) is 13.0. The highest BCUT2D eigenvalue weighted by Gasteiger charge is 2.60. The van der Waals surface area contributed by atoms with Gasteiger partial charge in [-0.05, 0) is 64.7 Å². The highest BCUT2D eigenvalue weighted by molar-refractivity contribution is 6.25. The molecule has 2 heterocycles. The Morgan fingerprint density at radius 2 is 1.54 bits per heavy atom. The number of hydrogen-bond acceptors (Lipinski definition) is 5. The van der Waals surface area contributed by atoms with Gasteiger partial charge in [0.05, 0.1) is 30.6 Å². The van der Waals surface area contributed by atoms with Crippen LogP contribution < -0.4 is 14.4 Å². The fourth-order valence-electron chi connectivity index (χ4n) is 6.39. The number of carbonyl (C=O) groups excluding carboxylic acids is 3. The van der Waals surface area contributed by atoms with E-state index in [1.165, 1.54) is 4.90 Å². The van der Waals surface area contributed by atoms with E-state index in [4.69, 9.17) is 9.47 Å². The van der Waals surface area contributed by atoms with E-state index in [9.17, 15) is 14.4 Å². The lowest BCUT2D eigenvalue weighted by Crippen LogP contribution is -2.42. The van der Waals surface area contributed by atoms with E-state index in [0.717, 1.165) is 33.0 Å². The number of fused-ring (bicyclic) bond motifs is 6. The number of carbonyl (C=O) groups is 3. The summed E-state index contributed by atoms with van der Waals surface area (Å²) in [6.07, 6.45) is 2.00. The molecule has 0 N–H and O–H groups in total. The number of methoxy groups -OCH3 is 1. The topological polar surface area (TPSA) is 72.9 Å². The van der Waals surface area contributed by atoms with Crippen molar-refractivity contribution in [3.63, 3.8) is 0 Å². The Bertz CT molecular complexity index is 1720. The van der Waals surface area contributed by atoms with Crippen LogP contribution in [0.25, 0.3) is 16.3 Å². The van der Waals surface area contributed by atoms with Crippen molar-refractivity contribution in [2.24, 2.45) is 17.8 Å². The predicted molar refractivity (Wildman–Crippen MR) is 147 cm³/mol. The van der Waals surface area contributed by atoms with Gasteiger partial charge in [0.25, 0.3) is 0 Å². The van der Waals surface area contributed by atoms with Gasteiger partial charge in [0.2, 0.25) is 11.8 Å². The number of allylic oxidation sites excluding steroid dienone is 1. The summed E-state index contributed by atoms with van der Waals surface area (Å²) >= 11 is 0. The molecule has 4 atom stereocenters. The van der Waals surface area contributed by atoms with E-state index in [0.29, 0.717) is 17.2 Å². The van der Waals surface area contributed by atoms with Gasteiger partial charge in [-0.2, -0.15) is 0 Å². The maximum absolute atomic E-state index is 14.2. The van der Waals surface area contributed by atoms with Crippen molar-refractivity contribution in [1.29, 1.82) is 0 Å². The van der Waals surface area contributed by atoms with Gasteiger partial charge in [0.1, 0.15) is 11.5 Å². The number of amides is 2. The van der Waals surface area contributed by atoms with Crippen molar-refractivity contribution >= 4 is 39.8 Å². The van der Waals surface area contributed by atoms with Crippen molar-refractivity contribution in [3.8, 4) is 11.5 Å². The number of anilines is 1. The monoisotopic (exact) mass is 515 g/mol. The molecule has 2 amide bonds. The first-order valence-corrected chi connectivity index (χ1v) is 13.0. The second-order valence-electron chi connectivity index (χ2n) is 10.4. The van der Waals surface area contributed by atoms with Crippen LogP contribution in [0.15, 0.2) is 91.0 Å². The summed E-state index contributed by atoms with van der Waals surface area (Å²) in [7, 11) is 1.60. The quantitative estimate of drug-likeness (QED) is 0.199. The standard InChI is InChI=1S/C33H25NO5/c1-18-7-14-24-26-17-25(20-9-12-23(38-2)13-10-20)28-30(29(26)33(37)39-27(24)15-18)32(36)34(31(28)35)22-11-8-19-5-3-4-6-21(19)16-22/h3-17,25,28-30H,1-2H3/t25-,28-,29-,30+/m0/s1. The van der Waals surface area contributed by atoms with Gasteiger partial charge in [0, 0.05) is 11.5 Å². The molecule has 0 saturated carbocycles. The molecule has 0 spiro atoms. The summed E-state index contributed by atoms with van der Waals surface area (Å²) < 4.78 is 11.1. The number of hydrogen-bond donors (Lipinski definition) is 0. The number of benzene rings is 4. The maximum atomic E-state index is 14.2. The Kier molecular flexibility index (Phi) is 5.20. The highest BCUT2D eigenvalue weighted by Crippen LogP contribution is 2.54. The average Bonchev–Trinajstić information content (AvgIpc) is 3.22. The van der Waals surface area contributed by atoms with Crippen LogP contribution in [0.1, 0.15) is 22.6 Å². The Morgan fingerprint density at radius 1 is 0.795 bits per heavy atom. The molecule has 2 aliphatic heterocycles. The lowest BCUT2D eigenvalue weighted by molar-refractivity contribution is -0.142. The van der Waals surface area contributed by atoms with Gasteiger partial charge in [-0.15, -0.1) is 0 Å². The third-order valence-electron chi connectivity index (χ3n) is 8.24. The summed E-state index contributed by atoms with van der Waals surface area (Å²) in [6, 6.07) is 26.7. The number of nitrogens with zero attached hydrogens (tertiary/aromatic N) is 1. The van der Waals surface area contributed by atoms with Crippen LogP contribution in [0, 0.1) is 24.7 Å². The molecule has 39 heavy (non-hydrogen) atoms. The third kappa shape index (κ3) is 3.52. The van der Waals surface area contributed by atoms with E-state index in [1.54, 1.807) is 13.2 Å². The number of aryl methyl sites for hydroxylation is 1. The Balaban J connectivity index is 1.40. The first kappa shape index (κ1) is 23.4. The molecule has 1 aliphatic carbocycles. The molecule has 4 aromatic carbocycles. The molecule has 192 valence electrons. The summed E-state index contributed by atoms with van der Waals surface area (Å²) in [5, 5.41) is 1.94. The van der Waals surface area contributed by atoms with Crippen LogP contribution in [-0.4, -0.2) is 24.9 Å². The van der Waals surface area contributed by atoms with Gasteiger partial charge in [0.15, 0.2) is 0 Å². The Hall–Kier alpha value is -4.71. The molecule has 0 unspecified atom stereocenters. The first-order chi connectivity index (χ1) is 18.9. The van der Waals surface area contributed by atoms with E-state index < -0.39 is 29.6 Å². The van der Waals surface area contributed by atoms with Gasteiger partial charge < -0.3 is 9.47 Å². The molecule has 7 rings (SSSR count). The normalized spacial score (nSPS) is 23.6. The van der Waals surface area contributed by atoms with Crippen LogP contribution in [0.5, 0.6) is 11.5 Å². The fourth-order valence-corrected chi connectivity index (χ4v) is 6.39. The minimum atomic E-state index is -0.877.